The van der Waals surface area contributed by atoms with E-state index in [1.54, 1.807) is 18.7 Å². The van der Waals surface area contributed by atoms with E-state index in [-0.39, 0.29) is 23.2 Å². The maximum absolute atomic E-state index is 12.2. The maximum atomic E-state index is 12.2. The van der Waals surface area contributed by atoms with Crippen molar-refractivity contribution in [1.82, 2.24) is 5.32 Å². The smallest absolute Gasteiger partial charge is 0.329 e. The minimum Gasteiger partial charge on any atom is -0.459 e. The molecule has 0 fully saturated rings. The van der Waals surface area contributed by atoms with Gasteiger partial charge < -0.3 is 10.1 Å². The Morgan fingerprint density at radius 2 is 1.86 bits per heavy atom. The lowest BCUT2D eigenvalue weighted by atomic mass is 10.2. The molecule has 1 amide bonds. The highest BCUT2D eigenvalue weighted by Crippen LogP contribution is 2.24. The molecule has 22 heavy (non-hydrogen) atoms. The van der Waals surface area contributed by atoms with E-state index in [0.717, 1.165) is 5.56 Å². The molecule has 0 aromatic heterocycles. The third-order valence-corrected chi connectivity index (χ3v) is 4.21. The van der Waals surface area contributed by atoms with Gasteiger partial charge in [0.05, 0.1) is 0 Å². The number of ether oxygens (including phenoxy) is 1. The molecule has 1 unspecified atom stereocenters. The fourth-order valence-corrected chi connectivity index (χ4v) is 2.51. The Kier molecular flexibility index (Phi) is 7.45. The van der Waals surface area contributed by atoms with Gasteiger partial charge in [0.1, 0.15) is 12.6 Å². The summed E-state index contributed by atoms with van der Waals surface area (Å²) in [4.78, 5) is 23.8. The van der Waals surface area contributed by atoms with Gasteiger partial charge in [-0.25, -0.2) is 4.79 Å². The van der Waals surface area contributed by atoms with Crippen molar-refractivity contribution in [1.29, 1.82) is 0 Å². The van der Waals surface area contributed by atoms with Crippen LogP contribution in [0.1, 0.15) is 39.7 Å². The predicted octanol–water partition coefficient (Wildman–Crippen LogP) is 3.16. The zero-order valence-corrected chi connectivity index (χ0v) is 14.5. The van der Waals surface area contributed by atoms with Crippen molar-refractivity contribution in [2.24, 2.45) is 0 Å². The van der Waals surface area contributed by atoms with E-state index in [9.17, 15) is 9.59 Å². The zero-order valence-electron chi connectivity index (χ0n) is 13.7. The average Bonchev–Trinajstić information content (AvgIpc) is 2.48. The van der Waals surface area contributed by atoms with Gasteiger partial charge in [-0.15, -0.1) is 0 Å². The number of benzene rings is 1. The first-order chi connectivity index (χ1) is 10.3. The van der Waals surface area contributed by atoms with Crippen molar-refractivity contribution in [3.63, 3.8) is 0 Å². The third-order valence-electron chi connectivity index (χ3n) is 2.85. The SMILES string of the molecule is CCC(=O)NC(CSC(C)(C)C)C(=O)OCc1ccccc1. The number of nitrogens with one attached hydrogen (secondary N) is 1. The molecule has 1 N–H and O–H groups in total. The van der Waals surface area contributed by atoms with Crippen molar-refractivity contribution < 1.29 is 14.3 Å². The van der Waals surface area contributed by atoms with E-state index < -0.39 is 6.04 Å². The molecule has 0 saturated carbocycles. The second-order valence-corrected chi connectivity index (χ2v) is 7.84. The lowest BCUT2D eigenvalue weighted by Gasteiger charge is -2.22. The molecule has 0 spiro atoms. The van der Waals surface area contributed by atoms with E-state index in [2.05, 4.69) is 26.1 Å². The Morgan fingerprint density at radius 1 is 1.23 bits per heavy atom. The largest absolute Gasteiger partial charge is 0.459 e. The molecule has 0 heterocycles. The summed E-state index contributed by atoms with van der Waals surface area (Å²) < 4.78 is 5.36. The minimum atomic E-state index is -0.611. The fourth-order valence-electron chi connectivity index (χ4n) is 1.63. The van der Waals surface area contributed by atoms with E-state index in [4.69, 9.17) is 4.74 Å². The van der Waals surface area contributed by atoms with Crippen molar-refractivity contribution in [3.05, 3.63) is 35.9 Å². The summed E-state index contributed by atoms with van der Waals surface area (Å²) in [5, 5.41) is 2.74. The van der Waals surface area contributed by atoms with E-state index in [1.807, 2.05) is 30.3 Å². The molecule has 0 radical (unpaired) electrons. The minimum absolute atomic E-state index is 0.0227. The first kappa shape index (κ1) is 18.6. The summed E-state index contributed by atoms with van der Waals surface area (Å²) in [6, 6.07) is 8.90. The highest BCUT2D eigenvalue weighted by Gasteiger charge is 2.24. The molecule has 0 aliphatic heterocycles. The molecule has 5 heteroatoms. The van der Waals surface area contributed by atoms with Gasteiger partial charge in [0.2, 0.25) is 5.91 Å². The van der Waals surface area contributed by atoms with Gasteiger partial charge in [-0.2, -0.15) is 11.8 Å². The molecule has 0 saturated heterocycles. The molecule has 1 atom stereocenters. The third kappa shape index (κ3) is 7.50. The second-order valence-electron chi connectivity index (χ2n) is 5.99. The summed E-state index contributed by atoms with van der Waals surface area (Å²) in [7, 11) is 0. The van der Waals surface area contributed by atoms with Crippen molar-refractivity contribution in [2.75, 3.05) is 5.75 Å². The van der Waals surface area contributed by atoms with Gasteiger partial charge in [-0.05, 0) is 5.56 Å². The van der Waals surface area contributed by atoms with Gasteiger partial charge in [0.25, 0.3) is 0 Å². The first-order valence-corrected chi connectivity index (χ1v) is 8.44. The van der Waals surface area contributed by atoms with E-state index >= 15 is 0 Å². The van der Waals surface area contributed by atoms with Crippen LogP contribution in [-0.4, -0.2) is 28.4 Å². The van der Waals surface area contributed by atoms with E-state index in [1.165, 1.54) is 0 Å². The van der Waals surface area contributed by atoms with Crippen LogP contribution in [0.5, 0.6) is 0 Å². The Morgan fingerprint density at radius 3 is 2.41 bits per heavy atom. The molecule has 1 aromatic carbocycles. The fraction of sp³-hybridized carbons (Fsp3) is 0.529. The number of rotatable bonds is 7. The number of hydrogen-bond donors (Lipinski definition) is 1. The lowest BCUT2D eigenvalue weighted by Crippen LogP contribution is -2.44. The van der Waals surface area contributed by atoms with Gasteiger partial charge in [-0.1, -0.05) is 58.0 Å². The summed E-state index contributed by atoms with van der Waals surface area (Å²) in [6.07, 6.45) is 0.350. The van der Waals surface area contributed by atoms with Crippen LogP contribution < -0.4 is 5.32 Å². The van der Waals surface area contributed by atoms with Crippen LogP contribution in [0.15, 0.2) is 30.3 Å². The highest BCUT2D eigenvalue weighted by atomic mass is 32.2. The van der Waals surface area contributed by atoms with Crippen LogP contribution in [0, 0.1) is 0 Å². The van der Waals surface area contributed by atoms with Crippen LogP contribution in [0.3, 0.4) is 0 Å². The van der Waals surface area contributed by atoms with Gasteiger partial charge in [0.15, 0.2) is 0 Å². The number of esters is 1. The maximum Gasteiger partial charge on any atom is 0.329 e. The molecule has 0 aliphatic carbocycles. The number of hydrogen-bond acceptors (Lipinski definition) is 4. The quantitative estimate of drug-likeness (QED) is 0.783. The monoisotopic (exact) mass is 323 g/mol. The van der Waals surface area contributed by atoms with Crippen molar-refractivity contribution >= 4 is 23.6 Å². The average molecular weight is 323 g/mol. The number of amides is 1. The van der Waals surface area contributed by atoms with Gasteiger partial charge in [0, 0.05) is 16.9 Å². The molecule has 1 aromatic rings. The standard InChI is InChI=1S/C17H25NO3S/c1-5-15(19)18-14(12-22-17(2,3)4)16(20)21-11-13-9-7-6-8-10-13/h6-10,14H,5,11-12H2,1-4H3,(H,18,19). The Labute approximate surface area is 137 Å². The Balaban J connectivity index is 2.59. The predicted molar refractivity (Wildman–Crippen MR) is 90.7 cm³/mol. The van der Waals surface area contributed by atoms with Crippen molar-refractivity contribution in [2.45, 2.75) is 51.5 Å². The zero-order chi connectivity index (χ0) is 16.6. The first-order valence-electron chi connectivity index (χ1n) is 7.45. The van der Waals surface area contributed by atoms with Gasteiger partial charge in [-0.3, -0.25) is 4.79 Å². The lowest BCUT2D eigenvalue weighted by molar-refractivity contribution is -0.148. The summed E-state index contributed by atoms with van der Waals surface area (Å²) in [5.74, 6) is -0.0263. The normalized spacial score (nSPS) is 12.5. The number of carbonyl (C=O) groups is 2. The van der Waals surface area contributed by atoms with Crippen molar-refractivity contribution in [3.8, 4) is 0 Å². The summed E-state index contributed by atoms with van der Waals surface area (Å²) >= 11 is 1.63. The Hall–Kier alpha value is -1.49. The molecule has 0 aliphatic rings. The number of thioether (sulfide) groups is 1. The molecular weight excluding hydrogens is 298 g/mol. The Bertz CT molecular complexity index is 482. The second kappa shape index (κ2) is 8.83. The number of carbonyl (C=O) groups excluding carboxylic acids is 2. The van der Waals surface area contributed by atoms with Crippen LogP contribution in [-0.2, 0) is 20.9 Å². The summed E-state index contributed by atoms with van der Waals surface area (Å²) in [5.41, 5.74) is 0.930. The molecule has 4 nitrogen and oxygen atoms in total. The van der Waals surface area contributed by atoms with Crippen LogP contribution in [0.2, 0.25) is 0 Å². The van der Waals surface area contributed by atoms with E-state index in [0.29, 0.717) is 12.2 Å². The molecule has 1 rings (SSSR count). The molecular formula is C17H25NO3S. The van der Waals surface area contributed by atoms with Crippen LogP contribution >= 0.6 is 11.8 Å². The van der Waals surface area contributed by atoms with Crippen LogP contribution in [0.4, 0.5) is 0 Å². The van der Waals surface area contributed by atoms with Gasteiger partial charge >= 0.3 is 5.97 Å². The van der Waals surface area contributed by atoms with Crippen LogP contribution in [0.25, 0.3) is 0 Å². The topological polar surface area (TPSA) is 55.4 Å². The molecule has 122 valence electrons. The molecule has 0 bridgehead atoms. The highest BCUT2D eigenvalue weighted by molar-refractivity contribution is 8.00. The summed E-state index contributed by atoms with van der Waals surface area (Å²) in [6.45, 7) is 8.21.